The summed E-state index contributed by atoms with van der Waals surface area (Å²) in [7, 11) is 6.23. The molecule has 0 saturated heterocycles. The predicted octanol–water partition coefficient (Wildman–Crippen LogP) is 7.56. The number of aromatic nitrogens is 1. The van der Waals surface area contributed by atoms with Crippen LogP contribution in [0.15, 0.2) is 101 Å². The highest BCUT2D eigenvalue weighted by atomic mass is 16.6. The molecule has 438 valence electrons. The van der Waals surface area contributed by atoms with Crippen molar-refractivity contribution in [2.45, 2.75) is 0 Å². The molecule has 80 heavy (non-hydrogen) atoms. The van der Waals surface area contributed by atoms with E-state index in [1.807, 2.05) is 48.5 Å². The molecule has 0 atom stereocenters. The van der Waals surface area contributed by atoms with Crippen molar-refractivity contribution in [3.05, 3.63) is 102 Å². The molecule has 0 amide bonds. The summed E-state index contributed by atoms with van der Waals surface area (Å²) in [6, 6.07) is 25.6. The molecule has 5 rings (SSSR count). The minimum Gasteiger partial charge on any atom is -0.504 e. The monoisotopic (exact) mass is 1120 g/mol. The number of ether oxygens (including phenoxy) is 16. The van der Waals surface area contributed by atoms with Crippen LogP contribution in [0.2, 0.25) is 0 Å². The number of phenolic OH excluding ortho intramolecular Hbond substituents is 2. The zero-order valence-electron chi connectivity index (χ0n) is 46.6. The second-order valence-electron chi connectivity index (χ2n) is 16.9. The Balaban J connectivity index is 1.10. The third kappa shape index (κ3) is 24.6. The summed E-state index contributed by atoms with van der Waals surface area (Å²) in [5.41, 5.74) is 4.09. The van der Waals surface area contributed by atoms with Gasteiger partial charge in [0.25, 0.3) is 0 Å². The minimum atomic E-state index is -0.116. The second kappa shape index (κ2) is 40.8. The van der Waals surface area contributed by atoms with Crippen LogP contribution in [0.5, 0.6) is 34.5 Å². The van der Waals surface area contributed by atoms with Gasteiger partial charge >= 0.3 is 0 Å². The Morgan fingerprint density at radius 3 is 1.07 bits per heavy atom. The number of methoxy groups -OCH3 is 4. The van der Waals surface area contributed by atoms with Gasteiger partial charge in [-0.3, -0.25) is 4.99 Å². The van der Waals surface area contributed by atoms with Gasteiger partial charge in [0.1, 0.15) is 30.4 Å². The van der Waals surface area contributed by atoms with Gasteiger partial charge in [0.05, 0.1) is 160 Å². The average Bonchev–Trinajstić information content (AvgIpc) is 3.49. The number of aliphatic imine (C=N–C) groups is 2. The number of rotatable bonds is 46. The van der Waals surface area contributed by atoms with E-state index in [9.17, 15) is 10.2 Å². The number of hydrogen-bond acceptors (Lipinski definition) is 21. The maximum atomic E-state index is 11.3. The number of aromatic hydroxyl groups is 2. The highest BCUT2D eigenvalue weighted by Gasteiger charge is 2.16. The number of phenols is 2. The van der Waals surface area contributed by atoms with Gasteiger partial charge in [-0.2, -0.15) is 0 Å². The van der Waals surface area contributed by atoms with Crippen LogP contribution >= 0.6 is 0 Å². The summed E-state index contributed by atoms with van der Waals surface area (Å²) in [6.07, 6.45) is 4.59. The van der Waals surface area contributed by atoms with Gasteiger partial charge < -0.3 is 86.0 Å². The molecule has 0 spiro atoms. The van der Waals surface area contributed by atoms with Crippen molar-refractivity contribution >= 4 is 23.9 Å². The molecule has 4 aromatic carbocycles. The highest BCUT2D eigenvalue weighted by Crippen LogP contribution is 2.40. The van der Waals surface area contributed by atoms with Crippen LogP contribution in [0.25, 0.3) is 22.3 Å². The van der Waals surface area contributed by atoms with Crippen molar-refractivity contribution < 1.29 is 86.0 Å². The van der Waals surface area contributed by atoms with Crippen molar-refractivity contribution in [1.29, 1.82) is 0 Å². The van der Waals surface area contributed by atoms with Gasteiger partial charge in [-0.25, -0.2) is 9.98 Å². The molecule has 0 fully saturated rings. The molecule has 0 aliphatic heterocycles. The van der Waals surface area contributed by atoms with E-state index in [0.717, 1.165) is 16.7 Å². The van der Waals surface area contributed by atoms with E-state index >= 15 is 0 Å². The molecule has 2 N–H and O–H groups in total. The topological polar surface area (TPSA) is 226 Å². The fourth-order valence-corrected chi connectivity index (χ4v) is 7.27. The van der Waals surface area contributed by atoms with Crippen LogP contribution < -0.4 is 18.9 Å². The SMILES string of the molecule is COCCOCCOCCOCCOCCOCCOc1ccccc1-c1cc(C=Nc2cccnc2/N=C/c2cc(-c3ccccc3OCCOCCOCCOCCOCCOCCOC)cc(OC)c2O)c(O)c(OC)c1. The summed E-state index contributed by atoms with van der Waals surface area (Å²) < 4.78 is 88.8. The van der Waals surface area contributed by atoms with Crippen molar-refractivity contribution in [2.75, 3.05) is 187 Å². The number of hydrogen-bond donors (Lipinski definition) is 2. The van der Waals surface area contributed by atoms with Gasteiger partial charge in [0, 0.05) is 55.1 Å². The average molecular weight is 1120 g/mol. The largest absolute Gasteiger partial charge is 0.504 e. The van der Waals surface area contributed by atoms with Crippen LogP contribution in [0.1, 0.15) is 11.1 Å². The molecule has 21 nitrogen and oxygen atoms in total. The lowest BCUT2D eigenvalue weighted by molar-refractivity contribution is -0.0159. The Morgan fingerprint density at radius 2 is 0.713 bits per heavy atom. The molecule has 1 aromatic heterocycles. The van der Waals surface area contributed by atoms with E-state index in [4.69, 9.17) is 80.8 Å². The highest BCUT2D eigenvalue weighted by molar-refractivity contribution is 5.93. The summed E-state index contributed by atoms with van der Waals surface area (Å²) in [6.45, 7) is 10.9. The van der Waals surface area contributed by atoms with E-state index < -0.39 is 0 Å². The van der Waals surface area contributed by atoms with E-state index in [1.54, 1.807) is 56.8 Å². The number of nitrogens with zero attached hydrogens (tertiary/aromatic N) is 3. The Bertz CT molecular complexity index is 2350. The Labute approximate surface area is 469 Å². The normalized spacial score (nSPS) is 11.6. The van der Waals surface area contributed by atoms with E-state index in [-0.39, 0.29) is 28.8 Å². The maximum absolute atomic E-state index is 11.3. The van der Waals surface area contributed by atoms with E-state index in [2.05, 4.69) is 9.98 Å². The number of para-hydroxylation sites is 2. The van der Waals surface area contributed by atoms with Gasteiger partial charge in [0.15, 0.2) is 28.8 Å². The Hall–Kier alpha value is -6.31. The fourth-order valence-electron chi connectivity index (χ4n) is 7.27. The second-order valence-corrected chi connectivity index (χ2v) is 16.9. The summed E-state index contributed by atoms with van der Waals surface area (Å²) in [5, 5.41) is 22.5. The smallest absolute Gasteiger partial charge is 0.178 e. The number of pyridine rings is 1. The molecule has 21 heteroatoms. The minimum absolute atomic E-state index is 0.109. The summed E-state index contributed by atoms with van der Waals surface area (Å²) in [5.74, 6) is 1.73. The Morgan fingerprint density at radius 1 is 0.375 bits per heavy atom. The third-order valence-electron chi connectivity index (χ3n) is 11.3. The van der Waals surface area contributed by atoms with E-state index in [0.29, 0.717) is 192 Å². The van der Waals surface area contributed by atoms with Crippen molar-refractivity contribution in [2.24, 2.45) is 9.98 Å². The van der Waals surface area contributed by atoms with Crippen molar-refractivity contribution in [1.82, 2.24) is 4.98 Å². The molecule has 0 aliphatic carbocycles. The quantitative estimate of drug-likeness (QED) is 0.0283. The lowest BCUT2D eigenvalue weighted by atomic mass is 10.0. The summed E-state index contributed by atoms with van der Waals surface area (Å²) in [4.78, 5) is 13.8. The third-order valence-corrected chi connectivity index (χ3v) is 11.3. The van der Waals surface area contributed by atoms with Crippen LogP contribution in [0.3, 0.4) is 0 Å². The first kappa shape index (κ1) is 64.5. The van der Waals surface area contributed by atoms with Crippen LogP contribution in [-0.4, -0.2) is 215 Å². The Kier molecular flexibility index (Phi) is 32.9. The first-order chi connectivity index (χ1) is 39.5. The van der Waals surface area contributed by atoms with Gasteiger partial charge in [-0.15, -0.1) is 0 Å². The van der Waals surface area contributed by atoms with Crippen LogP contribution in [0.4, 0.5) is 11.5 Å². The zero-order valence-corrected chi connectivity index (χ0v) is 46.6. The molecule has 0 aliphatic rings. The maximum Gasteiger partial charge on any atom is 0.178 e. The predicted molar refractivity (Wildman–Crippen MR) is 302 cm³/mol. The van der Waals surface area contributed by atoms with E-state index in [1.165, 1.54) is 26.6 Å². The van der Waals surface area contributed by atoms with Crippen LogP contribution in [-0.2, 0) is 56.8 Å². The van der Waals surface area contributed by atoms with Gasteiger partial charge in [0.2, 0.25) is 0 Å². The first-order valence-corrected chi connectivity index (χ1v) is 26.5. The van der Waals surface area contributed by atoms with Gasteiger partial charge in [-0.1, -0.05) is 36.4 Å². The molecule has 5 aromatic rings. The molecule has 0 saturated carbocycles. The molecule has 0 unspecified atom stereocenters. The molecule has 1 heterocycles. The summed E-state index contributed by atoms with van der Waals surface area (Å²) >= 11 is 0. The standard InChI is InChI=1S/C59H79N3O18/c1-65-16-18-69-20-22-71-24-26-73-28-30-75-32-34-77-36-38-79-53-13-7-5-10-50(53)46-40-48(57(63)55(42-46)67-3)44-61-52-12-9-15-60-59(52)62-45-49-41-47(43-56(68-4)58(49)64)51-11-6-8-14-54(51)80-39-37-78-35-33-76-31-29-74-27-25-72-23-21-70-19-17-66-2/h5-15,40-45,63-64H,16-39H2,1-4H3/b61-44?,62-45+. The molecular formula is C59H79N3O18. The fraction of sp³-hybridized carbons (Fsp3) is 0.475. The first-order valence-electron chi connectivity index (χ1n) is 26.5. The molecule has 0 bridgehead atoms. The lowest BCUT2D eigenvalue weighted by Crippen LogP contribution is -2.14. The van der Waals surface area contributed by atoms with Crippen molar-refractivity contribution in [3.8, 4) is 56.8 Å². The molecule has 0 radical (unpaired) electrons. The molecular weight excluding hydrogens is 1040 g/mol. The van der Waals surface area contributed by atoms with Crippen LogP contribution in [0, 0.1) is 0 Å². The zero-order chi connectivity index (χ0) is 56.5. The van der Waals surface area contributed by atoms with Gasteiger partial charge in [-0.05, 0) is 59.7 Å². The van der Waals surface area contributed by atoms with Crippen molar-refractivity contribution in [3.63, 3.8) is 0 Å². The number of benzene rings is 4. The lowest BCUT2D eigenvalue weighted by Gasteiger charge is -2.15.